The quantitative estimate of drug-likeness (QED) is 0.602. The lowest BCUT2D eigenvalue weighted by molar-refractivity contribution is 0.921. The number of benzene rings is 2. The highest BCUT2D eigenvalue weighted by molar-refractivity contribution is 9.10. The van der Waals surface area contributed by atoms with Gasteiger partial charge in [0, 0.05) is 33.8 Å². The van der Waals surface area contributed by atoms with Crippen LogP contribution in [0, 0.1) is 5.41 Å². The molecule has 20 heavy (non-hydrogen) atoms. The molecule has 0 spiro atoms. The average Bonchev–Trinajstić information content (AvgIpc) is 2.38. The summed E-state index contributed by atoms with van der Waals surface area (Å²) in [7, 11) is 2.04. The second-order valence-electron chi connectivity index (χ2n) is 4.56. The van der Waals surface area contributed by atoms with Crippen molar-refractivity contribution in [3.63, 3.8) is 0 Å². The highest BCUT2D eigenvalue weighted by Crippen LogP contribution is 2.24. The Balaban J connectivity index is 2.19. The van der Waals surface area contributed by atoms with E-state index in [0.717, 1.165) is 21.2 Å². The predicted molar refractivity (Wildman–Crippen MR) is 91.4 cm³/mol. The van der Waals surface area contributed by atoms with E-state index in [0.29, 0.717) is 5.56 Å². The van der Waals surface area contributed by atoms with Gasteiger partial charge in [0.15, 0.2) is 0 Å². The van der Waals surface area contributed by atoms with E-state index in [1.54, 1.807) is 0 Å². The summed E-state index contributed by atoms with van der Waals surface area (Å²) in [6.07, 6.45) is 0. The van der Waals surface area contributed by atoms with Gasteiger partial charge in [-0.05, 0) is 51.8 Å². The molecule has 2 aromatic carbocycles. The third kappa shape index (κ3) is 3.61. The molecular weight excluding hydrogens is 382 g/mol. The number of amidine groups is 1. The zero-order chi connectivity index (χ0) is 14.7. The molecule has 0 saturated heterocycles. The van der Waals surface area contributed by atoms with Crippen LogP contribution in [0.15, 0.2) is 51.4 Å². The molecule has 0 aliphatic heterocycles. The van der Waals surface area contributed by atoms with Crippen molar-refractivity contribution in [3.8, 4) is 0 Å². The Hall–Kier alpha value is -1.33. The number of anilines is 1. The first-order valence-electron chi connectivity index (χ1n) is 6.07. The van der Waals surface area contributed by atoms with Crippen LogP contribution in [0.2, 0.25) is 0 Å². The van der Waals surface area contributed by atoms with E-state index in [-0.39, 0.29) is 5.84 Å². The van der Waals surface area contributed by atoms with E-state index >= 15 is 0 Å². The van der Waals surface area contributed by atoms with Crippen molar-refractivity contribution >= 4 is 43.4 Å². The maximum atomic E-state index is 7.49. The number of halogens is 2. The van der Waals surface area contributed by atoms with Crippen molar-refractivity contribution in [1.29, 1.82) is 5.41 Å². The maximum Gasteiger partial charge on any atom is 0.123 e. The molecule has 2 aromatic rings. The first-order valence-corrected chi connectivity index (χ1v) is 7.65. The summed E-state index contributed by atoms with van der Waals surface area (Å²) in [5, 5.41) is 7.49. The van der Waals surface area contributed by atoms with Gasteiger partial charge in [-0.25, -0.2) is 0 Å². The van der Waals surface area contributed by atoms with Gasteiger partial charge in [0.25, 0.3) is 0 Å². The molecular formula is C15H15Br2N3. The number of hydrogen-bond acceptors (Lipinski definition) is 2. The average molecular weight is 397 g/mol. The topological polar surface area (TPSA) is 53.1 Å². The standard InChI is InChI=1S/C15H15Br2N3/c1-20(9-10-3-2-4-11(16)7-10)12-5-6-13(15(18)19)14(17)8-12/h2-8H,9H2,1H3,(H3,18,19). The van der Waals surface area contributed by atoms with Crippen LogP contribution in [0.1, 0.15) is 11.1 Å². The zero-order valence-corrected chi connectivity index (χ0v) is 14.2. The number of nitrogen functional groups attached to an aromatic ring is 1. The molecule has 0 atom stereocenters. The van der Waals surface area contributed by atoms with Crippen LogP contribution >= 0.6 is 31.9 Å². The van der Waals surface area contributed by atoms with Crippen molar-refractivity contribution in [1.82, 2.24) is 0 Å². The molecule has 104 valence electrons. The van der Waals surface area contributed by atoms with E-state index in [1.807, 2.05) is 37.4 Å². The van der Waals surface area contributed by atoms with E-state index in [9.17, 15) is 0 Å². The van der Waals surface area contributed by atoms with Crippen LogP contribution in [0.5, 0.6) is 0 Å². The van der Waals surface area contributed by atoms with Crippen LogP contribution < -0.4 is 10.6 Å². The molecule has 2 rings (SSSR count). The molecule has 3 nitrogen and oxygen atoms in total. The Morgan fingerprint density at radius 3 is 2.55 bits per heavy atom. The highest BCUT2D eigenvalue weighted by Gasteiger charge is 2.07. The molecule has 5 heteroatoms. The minimum absolute atomic E-state index is 0.0677. The van der Waals surface area contributed by atoms with E-state index in [4.69, 9.17) is 11.1 Å². The molecule has 0 radical (unpaired) electrons. The lowest BCUT2D eigenvalue weighted by atomic mass is 10.1. The van der Waals surface area contributed by atoms with Gasteiger partial charge in [0.2, 0.25) is 0 Å². The van der Waals surface area contributed by atoms with Crippen LogP contribution in [0.4, 0.5) is 5.69 Å². The number of nitrogens with zero attached hydrogens (tertiary/aromatic N) is 1. The SMILES string of the molecule is CN(Cc1cccc(Br)c1)c1ccc(C(=N)N)c(Br)c1. The third-order valence-corrected chi connectivity index (χ3v) is 4.14. The molecule has 0 aliphatic rings. The summed E-state index contributed by atoms with van der Waals surface area (Å²) in [6.45, 7) is 0.811. The summed E-state index contributed by atoms with van der Waals surface area (Å²) in [5.41, 5.74) is 8.53. The summed E-state index contributed by atoms with van der Waals surface area (Å²) < 4.78 is 1.92. The summed E-state index contributed by atoms with van der Waals surface area (Å²) in [5.74, 6) is 0.0677. The maximum absolute atomic E-state index is 7.49. The normalized spacial score (nSPS) is 10.3. The Bertz CT molecular complexity index is 641. The van der Waals surface area contributed by atoms with Crippen molar-refractivity contribution in [2.24, 2.45) is 5.73 Å². The molecule has 0 heterocycles. The van der Waals surface area contributed by atoms with E-state index < -0.39 is 0 Å². The van der Waals surface area contributed by atoms with Gasteiger partial charge in [0.05, 0.1) is 0 Å². The first-order chi connectivity index (χ1) is 9.47. The minimum Gasteiger partial charge on any atom is -0.384 e. The Labute approximate surface area is 135 Å². The van der Waals surface area contributed by atoms with Crippen LogP contribution in [-0.4, -0.2) is 12.9 Å². The van der Waals surface area contributed by atoms with Gasteiger partial charge in [-0.15, -0.1) is 0 Å². The third-order valence-electron chi connectivity index (χ3n) is 2.99. The van der Waals surface area contributed by atoms with Gasteiger partial charge in [-0.1, -0.05) is 28.1 Å². The highest BCUT2D eigenvalue weighted by atomic mass is 79.9. The molecule has 0 bridgehead atoms. The van der Waals surface area contributed by atoms with Crippen LogP contribution in [-0.2, 0) is 6.54 Å². The largest absolute Gasteiger partial charge is 0.384 e. The van der Waals surface area contributed by atoms with Crippen molar-refractivity contribution in [2.45, 2.75) is 6.54 Å². The number of nitrogens with one attached hydrogen (secondary N) is 1. The molecule has 0 saturated carbocycles. The number of rotatable bonds is 4. The van der Waals surface area contributed by atoms with Crippen molar-refractivity contribution in [2.75, 3.05) is 11.9 Å². The fourth-order valence-corrected chi connectivity index (χ4v) is 2.99. The monoisotopic (exact) mass is 395 g/mol. The Morgan fingerprint density at radius 2 is 1.95 bits per heavy atom. The summed E-state index contributed by atoms with van der Waals surface area (Å²) in [4.78, 5) is 2.15. The molecule has 3 N–H and O–H groups in total. The summed E-state index contributed by atoms with van der Waals surface area (Å²) >= 11 is 6.94. The van der Waals surface area contributed by atoms with Gasteiger partial charge < -0.3 is 10.6 Å². The molecule has 0 amide bonds. The van der Waals surface area contributed by atoms with Gasteiger partial charge in [-0.2, -0.15) is 0 Å². The fourth-order valence-electron chi connectivity index (χ4n) is 1.96. The van der Waals surface area contributed by atoms with Gasteiger partial charge in [0.1, 0.15) is 5.84 Å². The predicted octanol–water partition coefficient (Wildman–Crippen LogP) is 4.13. The Morgan fingerprint density at radius 1 is 1.20 bits per heavy atom. The zero-order valence-electron chi connectivity index (χ0n) is 11.0. The van der Waals surface area contributed by atoms with Gasteiger partial charge in [-0.3, -0.25) is 5.41 Å². The number of nitrogens with two attached hydrogens (primary N) is 1. The lowest BCUT2D eigenvalue weighted by Gasteiger charge is -2.20. The van der Waals surface area contributed by atoms with Crippen molar-refractivity contribution in [3.05, 3.63) is 62.5 Å². The van der Waals surface area contributed by atoms with E-state index in [2.05, 4.69) is 48.9 Å². The number of hydrogen-bond donors (Lipinski definition) is 2. The molecule has 0 fully saturated rings. The second kappa shape index (κ2) is 6.41. The van der Waals surface area contributed by atoms with Crippen LogP contribution in [0.3, 0.4) is 0 Å². The van der Waals surface area contributed by atoms with E-state index in [1.165, 1.54) is 5.56 Å². The Kier molecular flexibility index (Phi) is 4.83. The van der Waals surface area contributed by atoms with Crippen molar-refractivity contribution < 1.29 is 0 Å². The first kappa shape index (κ1) is 15.1. The molecule has 0 aliphatic carbocycles. The lowest BCUT2D eigenvalue weighted by Crippen LogP contribution is -2.17. The second-order valence-corrected chi connectivity index (χ2v) is 6.33. The minimum atomic E-state index is 0.0677. The smallest absolute Gasteiger partial charge is 0.123 e. The molecule has 0 aromatic heterocycles. The van der Waals surface area contributed by atoms with Crippen LogP contribution in [0.25, 0.3) is 0 Å². The van der Waals surface area contributed by atoms with Gasteiger partial charge >= 0.3 is 0 Å². The fraction of sp³-hybridized carbons (Fsp3) is 0.133. The molecule has 0 unspecified atom stereocenters. The summed E-state index contributed by atoms with van der Waals surface area (Å²) in [6, 6.07) is 14.1.